The minimum Gasteiger partial charge on any atom is -0.385 e. The summed E-state index contributed by atoms with van der Waals surface area (Å²) < 4.78 is 65.3. The quantitative estimate of drug-likeness (QED) is 0.623. The van der Waals surface area contributed by atoms with Gasteiger partial charge >= 0.3 is 6.18 Å². The van der Waals surface area contributed by atoms with E-state index in [-0.39, 0.29) is 15.5 Å². The van der Waals surface area contributed by atoms with Crippen molar-refractivity contribution in [3.63, 3.8) is 0 Å². The number of anilines is 1. The maximum absolute atomic E-state index is 13.7. The normalized spacial score (nSPS) is 11.9. The third-order valence-electron chi connectivity index (χ3n) is 2.59. The zero-order chi connectivity index (χ0) is 15.1. The molecule has 0 saturated carbocycles. The molecule has 0 atom stereocenters. The number of pyridine rings is 1. The van der Waals surface area contributed by atoms with Crippen LogP contribution in [0, 0.1) is 11.6 Å². The van der Waals surface area contributed by atoms with Crippen LogP contribution in [0.5, 0.6) is 0 Å². The molecule has 1 heterocycles. The first-order valence-electron chi connectivity index (χ1n) is 5.55. The number of rotatable bonds is 2. The van der Waals surface area contributed by atoms with E-state index in [1.54, 1.807) is 6.92 Å². The summed E-state index contributed by atoms with van der Waals surface area (Å²) in [4.78, 5) is 3.25. The summed E-state index contributed by atoms with van der Waals surface area (Å²) >= 11 is 2.91. The van der Waals surface area contributed by atoms with Crippen molar-refractivity contribution in [2.75, 3.05) is 11.9 Å². The van der Waals surface area contributed by atoms with Crippen LogP contribution in [-0.4, -0.2) is 11.5 Å². The van der Waals surface area contributed by atoms with Gasteiger partial charge in [-0.25, -0.2) is 13.8 Å². The Bertz CT molecular complexity index is 669. The van der Waals surface area contributed by atoms with Gasteiger partial charge in [0.05, 0.1) is 4.47 Å². The molecule has 0 aliphatic heterocycles. The van der Waals surface area contributed by atoms with Crippen molar-refractivity contribution in [1.82, 2.24) is 4.98 Å². The van der Waals surface area contributed by atoms with Crippen LogP contribution in [-0.2, 0) is 6.18 Å². The molecular weight excluding hydrogens is 347 g/mol. The highest BCUT2D eigenvalue weighted by atomic mass is 79.9. The summed E-state index contributed by atoms with van der Waals surface area (Å²) in [6, 6.07) is 1.23. The SMILES string of the molecule is CCNc1cc(C(F)(F)F)nc2c(F)cc(F)c(Br)c12. The lowest BCUT2D eigenvalue weighted by Crippen LogP contribution is -2.11. The zero-order valence-corrected chi connectivity index (χ0v) is 11.7. The Morgan fingerprint density at radius 1 is 1.20 bits per heavy atom. The number of nitrogens with zero attached hydrogens (tertiary/aromatic N) is 1. The van der Waals surface area contributed by atoms with E-state index >= 15 is 0 Å². The summed E-state index contributed by atoms with van der Waals surface area (Å²) in [6.45, 7) is 1.95. The second-order valence-electron chi connectivity index (χ2n) is 3.96. The number of hydrogen-bond acceptors (Lipinski definition) is 2. The van der Waals surface area contributed by atoms with Gasteiger partial charge < -0.3 is 5.32 Å². The molecule has 1 N–H and O–H groups in total. The summed E-state index contributed by atoms with van der Waals surface area (Å²) in [5.41, 5.74) is -1.81. The lowest BCUT2D eigenvalue weighted by atomic mass is 10.1. The first kappa shape index (κ1) is 15.0. The average Bonchev–Trinajstić information content (AvgIpc) is 2.34. The number of halogens is 6. The molecule has 0 saturated heterocycles. The van der Waals surface area contributed by atoms with Crippen molar-refractivity contribution in [3.8, 4) is 0 Å². The average molecular weight is 355 g/mol. The molecule has 8 heteroatoms. The van der Waals surface area contributed by atoms with Crippen molar-refractivity contribution in [1.29, 1.82) is 0 Å². The van der Waals surface area contributed by atoms with Gasteiger partial charge in [0.1, 0.15) is 17.0 Å². The molecule has 0 aliphatic carbocycles. The van der Waals surface area contributed by atoms with Gasteiger partial charge in [0.15, 0.2) is 5.82 Å². The van der Waals surface area contributed by atoms with Crippen molar-refractivity contribution in [2.45, 2.75) is 13.1 Å². The Morgan fingerprint density at radius 3 is 2.40 bits per heavy atom. The van der Waals surface area contributed by atoms with Crippen LogP contribution in [0.3, 0.4) is 0 Å². The number of nitrogens with one attached hydrogen (secondary N) is 1. The first-order chi connectivity index (χ1) is 9.25. The van der Waals surface area contributed by atoms with Gasteiger partial charge in [-0.3, -0.25) is 0 Å². The largest absolute Gasteiger partial charge is 0.433 e. The van der Waals surface area contributed by atoms with Crippen LogP contribution in [0.2, 0.25) is 0 Å². The van der Waals surface area contributed by atoms with Crippen LogP contribution >= 0.6 is 15.9 Å². The van der Waals surface area contributed by atoms with E-state index in [2.05, 4.69) is 26.2 Å². The monoisotopic (exact) mass is 354 g/mol. The van der Waals surface area contributed by atoms with E-state index in [1.807, 2.05) is 0 Å². The Hall–Kier alpha value is -1.44. The molecule has 108 valence electrons. The molecule has 1 aromatic carbocycles. The minimum atomic E-state index is -4.72. The molecule has 1 aromatic heterocycles. The van der Waals surface area contributed by atoms with Crippen molar-refractivity contribution >= 4 is 32.5 Å². The molecule has 20 heavy (non-hydrogen) atoms. The topological polar surface area (TPSA) is 24.9 Å². The summed E-state index contributed by atoms with van der Waals surface area (Å²) in [5.74, 6) is -2.05. The molecule has 0 fully saturated rings. The number of hydrogen-bond donors (Lipinski definition) is 1. The van der Waals surface area contributed by atoms with Gasteiger partial charge in [0.2, 0.25) is 0 Å². The lowest BCUT2D eigenvalue weighted by Gasteiger charge is -2.14. The Balaban J connectivity index is 2.89. The van der Waals surface area contributed by atoms with Crippen LogP contribution in [0.4, 0.5) is 27.6 Å². The van der Waals surface area contributed by atoms with Crippen molar-refractivity contribution < 1.29 is 22.0 Å². The van der Waals surface area contributed by atoms with Crippen LogP contribution in [0.25, 0.3) is 10.9 Å². The number of alkyl halides is 3. The summed E-state index contributed by atoms with van der Waals surface area (Å²) in [7, 11) is 0. The smallest absolute Gasteiger partial charge is 0.385 e. The van der Waals surface area contributed by atoms with Crippen molar-refractivity contribution in [2.24, 2.45) is 0 Å². The zero-order valence-electron chi connectivity index (χ0n) is 10.1. The number of benzene rings is 1. The Labute approximate surface area is 119 Å². The van der Waals surface area contributed by atoms with Gasteiger partial charge in [0.25, 0.3) is 0 Å². The minimum absolute atomic E-state index is 0.0323. The van der Waals surface area contributed by atoms with E-state index < -0.39 is 29.0 Å². The molecule has 0 spiro atoms. The third kappa shape index (κ3) is 2.56. The highest BCUT2D eigenvalue weighted by molar-refractivity contribution is 9.10. The lowest BCUT2D eigenvalue weighted by molar-refractivity contribution is -0.140. The highest BCUT2D eigenvalue weighted by Gasteiger charge is 2.34. The molecule has 2 nitrogen and oxygen atoms in total. The van der Waals surface area contributed by atoms with Gasteiger partial charge in [-0.05, 0) is 28.9 Å². The molecule has 0 bridgehead atoms. The molecular formula is C12H8BrF5N2. The van der Waals surface area contributed by atoms with Gasteiger partial charge in [-0.1, -0.05) is 0 Å². The first-order valence-corrected chi connectivity index (χ1v) is 6.34. The van der Waals surface area contributed by atoms with Crippen molar-refractivity contribution in [3.05, 3.63) is 33.9 Å². The highest BCUT2D eigenvalue weighted by Crippen LogP contribution is 2.38. The molecule has 0 amide bonds. The summed E-state index contributed by atoms with van der Waals surface area (Å²) in [6.07, 6.45) is -4.72. The Morgan fingerprint density at radius 2 is 1.85 bits per heavy atom. The fraction of sp³-hybridized carbons (Fsp3) is 0.250. The second-order valence-corrected chi connectivity index (χ2v) is 4.75. The molecule has 0 aliphatic rings. The Kier molecular flexibility index (Phi) is 3.86. The van der Waals surface area contributed by atoms with Crippen LogP contribution in [0.1, 0.15) is 12.6 Å². The van der Waals surface area contributed by atoms with E-state index in [1.165, 1.54) is 0 Å². The fourth-order valence-corrected chi connectivity index (χ4v) is 2.29. The molecule has 2 aromatic rings. The number of aromatic nitrogens is 1. The third-order valence-corrected chi connectivity index (χ3v) is 3.36. The number of fused-ring (bicyclic) bond motifs is 1. The van der Waals surface area contributed by atoms with Gasteiger partial charge in [-0.2, -0.15) is 13.2 Å². The standard InChI is InChI=1S/C12H8BrF5N2/c1-2-19-7-4-8(12(16,17)18)20-11-6(15)3-5(14)10(13)9(7)11/h3-4H,2H2,1H3,(H,19,20). The van der Waals surface area contributed by atoms with E-state index in [0.29, 0.717) is 12.6 Å². The fourth-order valence-electron chi connectivity index (χ4n) is 1.78. The van der Waals surface area contributed by atoms with Crippen LogP contribution in [0.15, 0.2) is 16.6 Å². The molecule has 0 unspecified atom stereocenters. The summed E-state index contributed by atoms with van der Waals surface area (Å²) in [5, 5.41) is 2.60. The van der Waals surface area contributed by atoms with Gasteiger partial charge in [0, 0.05) is 23.7 Å². The maximum atomic E-state index is 13.7. The second kappa shape index (κ2) is 5.16. The van der Waals surface area contributed by atoms with E-state index in [0.717, 1.165) is 6.07 Å². The van der Waals surface area contributed by atoms with Gasteiger partial charge in [-0.15, -0.1) is 0 Å². The molecule has 2 rings (SSSR count). The van der Waals surface area contributed by atoms with E-state index in [9.17, 15) is 22.0 Å². The maximum Gasteiger partial charge on any atom is 0.433 e. The molecule has 0 radical (unpaired) electrons. The van der Waals surface area contributed by atoms with Crippen LogP contribution < -0.4 is 5.32 Å². The predicted molar refractivity (Wildman–Crippen MR) is 68.5 cm³/mol. The predicted octanol–water partition coefficient (Wildman–Crippen LogP) is 4.73. The van der Waals surface area contributed by atoms with E-state index in [4.69, 9.17) is 0 Å².